The normalized spacial score (nSPS) is 12.5. The van der Waals surface area contributed by atoms with Crippen LogP contribution in [0.25, 0.3) is 11.1 Å². The largest absolute Gasteiger partial charge is 0.288 e. The van der Waals surface area contributed by atoms with Crippen molar-refractivity contribution in [2.75, 3.05) is 0 Å². The summed E-state index contributed by atoms with van der Waals surface area (Å²) in [4.78, 5) is 14.3. The molecule has 7 heteroatoms. The van der Waals surface area contributed by atoms with E-state index in [1.165, 1.54) is 22.7 Å². The average molecular weight is 462 g/mol. The Morgan fingerprint density at radius 1 is 1.10 bits per heavy atom. The first-order chi connectivity index (χ1) is 14.0. The van der Waals surface area contributed by atoms with Crippen LogP contribution in [-0.2, 0) is 16.4 Å². The number of sulfonamides is 1. The molecule has 2 heterocycles. The molecule has 0 aliphatic heterocycles. The zero-order valence-electron chi connectivity index (χ0n) is 17.9. The van der Waals surface area contributed by atoms with Crippen LogP contribution in [0.15, 0.2) is 52.1 Å². The second-order valence-electron chi connectivity index (χ2n) is 8.75. The van der Waals surface area contributed by atoms with E-state index in [1.54, 1.807) is 18.2 Å². The van der Waals surface area contributed by atoms with E-state index in [9.17, 15) is 13.2 Å². The smallest absolute Gasteiger partial charge is 0.251 e. The van der Waals surface area contributed by atoms with E-state index in [4.69, 9.17) is 0 Å². The standard InChI is InChI=1S/C23H27NO3S3/c1-15(2)13-18-14-19(22(29-18)30(26,27)24-23(3,4)5)16-8-10-17(11-9-16)21(25)20-7-6-12-28-20/h6-12,14-15,24H,13H2,1-5H3. The van der Waals surface area contributed by atoms with Crippen LogP contribution in [-0.4, -0.2) is 19.7 Å². The summed E-state index contributed by atoms with van der Waals surface area (Å²) in [7, 11) is -3.67. The Hall–Kier alpha value is -1.80. The van der Waals surface area contributed by atoms with Gasteiger partial charge in [0.25, 0.3) is 10.0 Å². The molecule has 0 aliphatic rings. The van der Waals surface area contributed by atoms with Crippen LogP contribution < -0.4 is 4.72 Å². The second kappa shape index (κ2) is 8.75. The highest BCUT2D eigenvalue weighted by Gasteiger charge is 2.28. The summed E-state index contributed by atoms with van der Waals surface area (Å²) >= 11 is 2.73. The van der Waals surface area contributed by atoms with Gasteiger partial charge in [-0.25, -0.2) is 13.1 Å². The number of hydrogen-bond donors (Lipinski definition) is 1. The predicted octanol–water partition coefficient (Wildman–Crippen LogP) is 5.98. The molecule has 30 heavy (non-hydrogen) atoms. The molecule has 3 rings (SSSR count). The fraction of sp³-hybridized carbons (Fsp3) is 0.348. The maximum Gasteiger partial charge on any atom is 0.251 e. The zero-order chi connectivity index (χ0) is 22.1. The fourth-order valence-corrected chi connectivity index (χ4v) is 7.18. The molecular formula is C23H27NO3S3. The molecule has 4 nitrogen and oxygen atoms in total. The number of thiophene rings is 2. The summed E-state index contributed by atoms with van der Waals surface area (Å²) in [6, 6.07) is 12.8. The molecule has 0 aliphatic carbocycles. The Morgan fingerprint density at radius 2 is 1.77 bits per heavy atom. The van der Waals surface area contributed by atoms with Gasteiger partial charge in [-0.05, 0) is 56.2 Å². The Labute approximate surface area is 187 Å². The first-order valence-corrected chi connectivity index (χ1v) is 13.0. The van der Waals surface area contributed by atoms with Gasteiger partial charge in [-0.15, -0.1) is 22.7 Å². The second-order valence-corrected chi connectivity index (χ2v) is 12.7. The molecule has 1 N–H and O–H groups in total. The SMILES string of the molecule is CC(C)Cc1cc(-c2ccc(C(=O)c3cccs3)cc2)c(S(=O)(=O)NC(C)(C)C)s1. The minimum Gasteiger partial charge on any atom is -0.288 e. The summed E-state index contributed by atoms with van der Waals surface area (Å²) in [6.07, 6.45) is 0.817. The molecule has 0 radical (unpaired) electrons. The van der Waals surface area contributed by atoms with Crippen molar-refractivity contribution in [3.05, 3.63) is 63.2 Å². The van der Waals surface area contributed by atoms with E-state index in [0.29, 0.717) is 26.1 Å². The minimum atomic E-state index is -3.67. The van der Waals surface area contributed by atoms with Crippen LogP contribution in [0.3, 0.4) is 0 Å². The maximum atomic E-state index is 13.1. The van der Waals surface area contributed by atoms with Crippen molar-refractivity contribution in [2.45, 2.75) is 50.8 Å². The van der Waals surface area contributed by atoms with E-state index in [-0.39, 0.29) is 5.78 Å². The molecule has 0 spiro atoms. The minimum absolute atomic E-state index is 0.0235. The third-order valence-electron chi connectivity index (χ3n) is 4.25. The van der Waals surface area contributed by atoms with E-state index >= 15 is 0 Å². The van der Waals surface area contributed by atoms with Crippen LogP contribution in [0.5, 0.6) is 0 Å². The number of hydrogen-bond acceptors (Lipinski definition) is 5. The van der Waals surface area contributed by atoms with Gasteiger partial charge < -0.3 is 0 Å². The van der Waals surface area contributed by atoms with Gasteiger partial charge in [-0.2, -0.15) is 0 Å². The Balaban J connectivity index is 2.02. The lowest BCUT2D eigenvalue weighted by molar-refractivity contribution is 0.104. The fourth-order valence-electron chi connectivity index (χ4n) is 3.13. The number of carbonyl (C=O) groups excluding carboxylic acids is 1. The van der Waals surface area contributed by atoms with Crippen LogP contribution in [0.4, 0.5) is 0 Å². The number of rotatable bonds is 7. The zero-order valence-corrected chi connectivity index (χ0v) is 20.3. The molecule has 0 atom stereocenters. The molecule has 0 unspecified atom stereocenters. The van der Waals surface area contributed by atoms with Gasteiger partial charge in [0.2, 0.25) is 5.78 Å². The van der Waals surface area contributed by atoms with Crippen LogP contribution in [0.2, 0.25) is 0 Å². The quantitative estimate of drug-likeness (QED) is 0.440. The summed E-state index contributed by atoms with van der Waals surface area (Å²) in [6.45, 7) is 9.73. The van der Waals surface area contributed by atoms with Crippen LogP contribution in [0, 0.1) is 5.92 Å². The molecule has 0 saturated carbocycles. The Bertz CT molecular complexity index is 1120. The number of ketones is 1. The Morgan fingerprint density at radius 3 is 2.30 bits per heavy atom. The highest BCUT2D eigenvalue weighted by Crippen LogP contribution is 2.37. The van der Waals surface area contributed by atoms with Crippen molar-refractivity contribution >= 4 is 38.5 Å². The molecule has 0 fully saturated rings. The molecule has 0 amide bonds. The van der Waals surface area contributed by atoms with Gasteiger partial charge in [0.05, 0.1) is 4.88 Å². The molecule has 160 valence electrons. The van der Waals surface area contributed by atoms with Crippen molar-refractivity contribution in [1.82, 2.24) is 4.72 Å². The molecule has 2 aromatic heterocycles. The van der Waals surface area contributed by atoms with E-state index in [0.717, 1.165) is 16.9 Å². The van der Waals surface area contributed by atoms with Crippen molar-refractivity contribution in [1.29, 1.82) is 0 Å². The number of benzene rings is 1. The van der Waals surface area contributed by atoms with Crippen molar-refractivity contribution in [3.63, 3.8) is 0 Å². The van der Waals surface area contributed by atoms with Gasteiger partial charge in [-0.3, -0.25) is 4.79 Å². The summed E-state index contributed by atoms with van der Waals surface area (Å²) in [5, 5.41) is 1.88. The summed E-state index contributed by atoms with van der Waals surface area (Å²) in [5.74, 6) is 0.401. The third-order valence-corrected chi connectivity index (χ3v) is 8.56. The first-order valence-electron chi connectivity index (χ1n) is 9.81. The van der Waals surface area contributed by atoms with Gasteiger partial charge in [-0.1, -0.05) is 44.2 Å². The Kier molecular flexibility index (Phi) is 6.67. The van der Waals surface area contributed by atoms with E-state index in [2.05, 4.69) is 18.6 Å². The topological polar surface area (TPSA) is 63.2 Å². The first kappa shape index (κ1) is 22.9. The summed E-state index contributed by atoms with van der Waals surface area (Å²) < 4.78 is 29.3. The summed E-state index contributed by atoms with van der Waals surface area (Å²) in [5.41, 5.74) is 1.49. The van der Waals surface area contributed by atoms with Gasteiger partial charge in [0.15, 0.2) is 0 Å². The van der Waals surface area contributed by atoms with Gasteiger partial charge in [0, 0.05) is 21.5 Å². The van der Waals surface area contributed by atoms with Crippen LogP contribution >= 0.6 is 22.7 Å². The van der Waals surface area contributed by atoms with Gasteiger partial charge >= 0.3 is 0 Å². The van der Waals surface area contributed by atoms with E-state index in [1.807, 2.05) is 50.4 Å². The van der Waals surface area contributed by atoms with Crippen LogP contribution in [0.1, 0.15) is 54.7 Å². The number of nitrogens with one attached hydrogen (secondary N) is 1. The maximum absolute atomic E-state index is 13.1. The average Bonchev–Trinajstić information content (AvgIpc) is 3.29. The molecule has 0 bridgehead atoms. The highest BCUT2D eigenvalue weighted by atomic mass is 32.2. The predicted molar refractivity (Wildman–Crippen MR) is 126 cm³/mol. The third kappa shape index (κ3) is 5.46. The lowest BCUT2D eigenvalue weighted by Crippen LogP contribution is -2.40. The lowest BCUT2D eigenvalue weighted by atomic mass is 10.0. The van der Waals surface area contributed by atoms with Crippen molar-refractivity contribution in [2.24, 2.45) is 5.92 Å². The lowest BCUT2D eigenvalue weighted by Gasteiger charge is -2.20. The van der Waals surface area contributed by atoms with E-state index < -0.39 is 15.6 Å². The van der Waals surface area contributed by atoms with Crippen molar-refractivity contribution in [3.8, 4) is 11.1 Å². The molecular weight excluding hydrogens is 434 g/mol. The molecule has 1 aromatic carbocycles. The van der Waals surface area contributed by atoms with Gasteiger partial charge in [0.1, 0.15) is 4.21 Å². The molecule has 3 aromatic rings. The van der Waals surface area contributed by atoms with Crippen molar-refractivity contribution < 1.29 is 13.2 Å². The molecule has 0 saturated heterocycles. The number of carbonyl (C=O) groups is 1. The monoisotopic (exact) mass is 461 g/mol. The highest BCUT2D eigenvalue weighted by molar-refractivity contribution is 7.91.